The molecule has 0 amide bonds. The largest absolute Gasteiger partial charge is 0.313 e. The number of fused-ring (bicyclic) bond motifs is 1. The molecule has 4 rings (SSSR count). The maximum absolute atomic E-state index is 11.9. The summed E-state index contributed by atoms with van der Waals surface area (Å²) in [7, 11) is 0. The van der Waals surface area contributed by atoms with E-state index in [2.05, 4.69) is 11.4 Å². The van der Waals surface area contributed by atoms with E-state index >= 15 is 0 Å². The number of ketones is 1. The first-order chi connectivity index (χ1) is 6.84. The monoisotopic (exact) mass is 207 g/mol. The van der Waals surface area contributed by atoms with Crippen molar-refractivity contribution in [1.82, 2.24) is 5.32 Å². The Kier molecular flexibility index (Phi) is 1.96. The number of thiophene rings is 1. The second-order valence-corrected chi connectivity index (χ2v) is 5.29. The van der Waals surface area contributed by atoms with Crippen LogP contribution in [0.4, 0.5) is 0 Å². The number of Topliss-reactive ketones (excluding diaryl/α,β-unsaturated/α-hetero) is 1. The Morgan fingerprint density at radius 1 is 1.64 bits per heavy atom. The molecule has 2 saturated heterocycles. The van der Waals surface area contributed by atoms with Crippen molar-refractivity contribution in [3.63, 3.8) is 0 Å². The molecule has 1 aromatic heterocycles. The Morgan fingerprint density at radius 3 is 3.14 bits per heavy atom. The number of rotatable bonds is 3. The van der Waals surface area contributed by atoms with Gasteiger partial charge in [0.05, 0.1) is 0 Å². The van der Waals surface area contributed by atoms with E-state index in [0.29, 0.717) is 30.1 Å². The predicted molar refractivity (Wildman–Crippen MR) is 56.4 cm³/mol. The normalized spacial score (nSPS) is 34.1. The fourth-order valence-corrected chi connectivity index (χ4v) is 3.38. The van der Waals surface area contributed by atoms with E-state index < -0.39 is 0 Å². The van der Waals surface area contributed by atoms with Crippen LogP contribution in [-0.4, -0.2) is 18.4 Å². The zero-order valence-electron chi connectivity index (χ0n) is 7.90. The maximum Gasteiger partial charge on any atom is 0.143 e. The maximum atomic E-state index is 11.9. The summed E-state index contributed by atoms with van der Waals surface area (Å²) < 4.78 is 0. The van der Waals surface area contributed by atoms with Crippen molar-refractivity contribution in [2.24, 2.45) is 11.8 Å². The number of hydrogen-bond donors (Lipinski definition) is 1. The SMILES string of the molecule is O=C(Cc1cccs1)C1C2CNC1C2. The number of hydrogen-bond acceptors (Lipinski definition) is 3. The smallest absolute Gasteiger partial charge is 0.143 e. The van der Waals surface area contributed by atoms with Gasteiger partial charge in [0.2, 0.25) is 0 Å². The predicted octanol–water partition coefficient (Wildman–Crippen LogP) is 1.47. The molecule has 0 radical (unpaired) electrons. The summed E-state index contributed by atoms with van der Waals surface area (Å²) in [5.74, 6) is 1.42. The van der Waals surface area contributed by atoms with E-state index in [1.165, 1.54) is 11.3 Å². The van der Waals surface area contributed by atoms with Crippen molar-refractivity contribution in [1.29, 1.82) is 0 Å². The van der Waals surface area contributed by atoms with E-state index in [-0.39, 0.29) is 0 Å². The summed E-state index contributed by atoms with van der Waals surface area (Å²) in [5, 5.41) is 5.42. The highest BCUT2D eigenvalue weighted by Gasteiger charge is 2.49. The molecular weight excluding hydrogens is 194 g/mol. The third-order valence-corrected chi connectivity index (χ3v) is 4.32. The van der Waals surface area contributed by atoms with E-state index in [4.69, 9.17) is 0 Å². The first-order valence-corrected chi connectivity index (χ1v) is 6.01. The topological polar surface area (TPSA) is 29.1 Å². The molecule has 3 heteroatoms. The Labute approximate surface area is 87.3 Å². The minimum absolute atomic E-state index is 0.331. The lowest BCUT2D eigenvalue weighted by Gasteiger charge is -2.32. The van der Waals surface area contributed by atoms with Crippen LogP contribution < -0.4 is 5.32 Å². The molecule has 14 heavy (non-hydrogen) atoms. The third kappa shape index (κ3) is 1.23. The average molecular weight is 207 g/mol. The van der Waals surface area contributed by atoms with Gasteiger partial charge >= 0.3 is 0 Å². The number of carbonyl (C=O) groups is 1. The molecule has 0 aromatic carbocycles. The van der Waals surface area contributed by atoms with E-state index in [9.17, 15) is 4.79 Å². The van der Waals surface area contributed by atoms with Crippen LogP contribution in [0.25, 0.3) is 0 Å². The van der Waals surface area contributed by atoms with Crippen LogP contribution >= 0.6 is 11.3 Å². The van der Waals surface area contributed by atoms with Gasteiger partial charge < -0.3 is 5.32 Å². The van der Waals surface area contributed by atoms with Crippen LogP contribution in [0.5, 0.6) is 0 Å². The molecule has 2 nitrogen and oxygen atoms in total. The molecule has 3 atom stereocenters. The number of carbonyl (C=O) groups excluding carboxylic acids is 1. The second kappa shape index (κ2) is 3.17. The molecular formula is C11H13NOS. The fourth-order valence-electron chi connectivity index (χ4n) is 2.67. The lowest BCUT2D eigenvalue weighted by atomic mass is 9.71. The summed E-state index contributed by atoms with van der Waals surface area (Å²) in [6, 6.07) is 4.57. The molecule has 3 heterocycles. The van der Waals surface area contributed by atoms with Gasteiger partial charge in [0.1, 0.15) is 5.78 Å². The highest BCUT2D eigenvalue weighted by molar-refractivity contribution is 7.10. The molecule has 0 spiro atoms. The van der Waals surface area contributed by atoms with Gasteiger partial charge in [-0.2, -0.15) is 0 Å². The van der Waals surface area contributed by atoms with Crippen molar-refractivity contribution >= 4 is 17.1 Å². The van der Waals surface area contributed by atoms with Crippen molar-refractivity contribution in [2.75, 3.05) is 6.54 Å². The molecule has 3 aliphatic rings. The lowest BCUT2D eigenvalue weighted by Crippen LogP contribution is -2.42. The van der Waals surface area contributed by atoms with Gasteiger partial charge in [0.25, 0.3) is 0 Å². The van der Waals surface area contributed by atoms with Gasteiger partial charge in [-0.3, -0.25) is 4.79 Å². The Hall–Kier alpha value is -0.670. The van der Waals surface area contributed by atoms with Gasteiger partial charge in [-0.05, 0) is 30.3 Å². The van der Waals surface area contributed by atoms with E-state index in [0.717, 1.165) is 6.54 Å². The average Bonchev–Trinajstić information content (AvgIpc) is 2.77. The quantitative estimate of drug-likeness (QED) is 0.813. The molecule has 3 fully saturated rings. The first-order valence-electron chi connectivity index (χ1n) is 5.13. The summed E-state index contributed by atoms with van der Waals surface area (Å²) in [4.78, 5) is 13.1. The molecule has 1 N–H and O–H groups in total. The molecule has 2 aliphatic heterocycles. The van der Waals surface area contributed by atoms with Crippen LogP contribution in [0, 0.1) is 11.8 Å². The summed E-state index contributed by atoms with van der Waals surface area (Å²) in [6.45, 7) is 1.06. The minimum atomic E-state index is 0.331. The highest BCUT2D eigenvalue weighted by Crippen LogP contribution is 2.41. The van der Waals surface area contributed by atoms with Gasteiger partial charge in [-0.1, -0.05) is 6.07 Å². The minimum Gasteiger partial charge on any atom is -0.313 e. The van der Waals surface area contributed by atoms with Crippen molar-refractivity contribution < 1.29 is 4.79 Å². The zero-order chi connectivity index (χ0) is 9.54. The van der Waals surface area contributed by atoms with Crippen molar-refractivity contribution in [2.45, 2.75) is 18.9 Å². The molecule has 1 aliphatic carbocycles. The molecule has 3 unspecified atom stereocenters. The van der Waals surface area contributed by atoms with E-state index in [1.54, 1.807) is 11.3 Å². The van der Waals surface area contributed by atoms with Gasteiger partial charge in [-0.25, -0.2) is 0 Å². The lowest BCUT2D eigenvalue weighted by molar-refractivity contribution is -0.126. The highest BCUT2D eigenvalue weighted by atomic mass is 32.1. The van der Waals surface area contributed by atoms with Crippen LogP contribution in [0.2, 0.25) is 0 Å². The zero-order valence-corrected chi connectivity index (χ0v) is 8.72. The molecule has 1 saturated carbocycles. The summed E-state index contributed by atoms with van der Waals surface area (Å²) in [6.07, 6.45) is 1.87. The molecule has 74 valence electrons. The summed E-state index contributed by atoms with van der Waals surface area (Å²) >= 11 is 1.68. The number of nitrogens with one attached hydrogen (secondary N) is 1. The van der Waals surface area contributed by atoms with Crippen molar-refractivity contribution in [3.8, 4) is 0 Å². The third-order valence-electron chi connectivity index (χ3n) is 3.44. The van der Waals surface area contributed by atoms with E-state index in [1.807, 2.05) is 11.4 Å². The second-order valence-electron chi connectivity index (χ2n) is 4.26. The van der Waals surface area contributed by atoms with Crippen LogP contribution in [-0.2, 0) is 11.2 Å². The van der Waals surface area contributed by atoms with Gasteiger partial charge in [-0.15, -0.1) is 11.3 Å². The Balaban J connectivity index is 1.67. The van der Waals surface area contributed by atoms with Crippen LogP contribution in [0.1, 0.15) is 11.3 Å². The van der Waals surface area contributed by atoms with Crippen LogP contribution in [0.15, 0.2) is 17.5 Å². The van der Waals surface area contributed by atoms with Crippen LogP contribution in [0.3, 0.4) is 0 Å². The Morgan fingerprint density at radius 2 is 2.57 bits per heavy atom. The summed E-state index contributed by atoms with van der Waals surface area (Å²) in [5.41, 5.74) is 0. The molecule has 1 aromatic rings. The van der Waals surface area contributed by atoms with Gasteiger partial charge in [0, 0.05) is 23.3 Å². The Bertz CT molecular complexity index is 332. The fraction of sp³-hybridized carbons (Fsp3) is 0.545. The van der Waals surface area contributed by atoms with Gasteiger partial charge in [0.15, 0.2) is 0 Å². The van der Waals surface area contributed by atoms with Crippen molar-refractivity contribution in [3.05, 3.63) is 22.4 Å². The standard InChI is InChI=1S/C11H13NOS/c13-10(5-8-2-1-3-14-8)11-7-4-9(11)12-6-7/h1-3,7,9,11-12H,4-6H2. The molecule has 2 bridgehead atoms. The first kappa shape index (κ1) is 8.62.